The normalized spacial score (nSPS) is 15.7. The van der Waals surface area contributed by atoms with Gasteiger partial charge in [-0.05, 0) is 42.9 Å². The van der Waals surface area contributed by atoms with Gasteiger partial charge in [-0.15, -0.1) is 0 Å². The number of halogens is 1. The molecule has 3 rings (SSSR count). The summed E-state index contributed by atoms with van der Waals surface area (Å²) >= 11 is 6.27. The van der Waals surface area contributed by atoms with Gasteiger partial charge in [0, 0.05) is 19.3 Å². The molecule has 0 unspecified atom stereocenters. The monoisotopic (exact) mass is 329 g/mol. The Morgan fingerprint density at radius 1 is 1.30 bits per heavy atom. The molecule has 120 valence electrons. The largest absolute Gasteiger partial charge is 0.366 e. The van der Waals surface area contributed by atoms with Gasteiger partial charge < -0.3 is 10.6 Å². The predicted molar refractivity (Wildman–Crippen MR) is 93.1 cm³/mol. The van der Waals surface area contributed by atoms with Gasteiger partial charge in [0.2, 0.25) is 5.91 Å². The third kappa shape index (κ3) is 3.32. The molecule has 0 atom stereocenters. The fourth-order valence-electron chi connectivity index (χ4n) is 3.25. The van der Waals surface area contributed by atoms with E-state index in [4.69, 9.17) is 17.3 Å². The zero-order valence-corrected chi connectivity index (χ0v) is 13.9. The van der Waals surface area contributed by atoms with Gasteiger partial charge in [-0.25, -0.2) is 4.98 Å². The average molecular weight is 330 g/mol. The Hall–Kier alpha value is -2.07. The number of aromatic nitrogens is 1. The minimum atomic E-state index is -0.510. The summed E-state index contributed by atoms with van der Waals surface area (Å²) in [5, 5.41) is 0.482. The molecular formula is C18H20ClN3O. The number of aryl methyl sites for hydroxylation is 1. The van der Waals surface area contributed by atoms with Crippen molar-refractivity contribution in [2.45, 2.75) is 25.7 Å². The fraction of sp³-hybridized carbons (Fsp3) is 0.333. The van der Waals surface area contributed by atoms with E-state index in [1.54, 1.807) is 6.07 Å². The molecule has 23 heavy (non-hydrogen) atoms. The number of pyridine rings is 1. The summed E-state index contributed by atoms with van der Waals surface area (Å²) in [6.45, 7) is 3.98. The Labute approximate surface area is 141 Å². The molecule has 2 aromatic rings. The van der Waals surface area contributed by atoms with Gasteiger partial charge in [-0.1, -0.05) is 35.9 Å². The van der Waals surface area contributed by atoms with E-state index in [1.165, 1.54) is 17.3 Å². The first-order chi connectivity index (χ1) is 11.1. The number of anilines is 1. The van der Waals surface area contributed by atoms with E-state index >= 15 is 0 Å². The lowest BCUT2D eigenvalue weighted by Gasteiger charge is -2.34. The molecule has 5 heteroatoms. The van der Waals surface area contributed by atoms with E-state index in [2.05, 4.69) is 41.1 Å². The maximum atomic E-state index is 11.2. The molecule has 2 N–H and O–H groups in total. The molecule has 4 nitrogen and oxygen atoms in total. The van der Waals surface area contributed by atoms with E-state index in [9.17, 15) is 4.79 Å². The molecule has 0 aliphatic carbocycles. The first kappa shape index (κ1) is 15.8. The summed E-state index contributed by atoms with van der Waals surface area (Å²) < 4.78 is 0. The second kappa shape index (κ2) is 6.59. The van der Waals surface area contributed by atoms with Crippen LogP contribution >= 0.6 is 11.6 Å². The fourth-order valence-corrected chi connectivity index (χ4v) is 3.53. The van der Waals surface area contributed by atoms with Crippen LogP contribution in [0, 0.1) is 6.92 Å². The van der Waals surface area contributed by atoms with Gasteiger partial charge in [0.05, 0.1) is 10.6 Å². The van der Waals surface area contributed by atoms with Crippen LogP contribution in [-0.4, -0.2) is 24.0 Å². The predicted octanol–water partition coefficient (Wildman–Crippen LogP) is 3.53. The minimum Gasteiger partial charge on any atom is -0.366 e. The number of hydrogen-bond donors (Lipinski definition) is 1. The van der Waals surface area contributed by atoms with E-state index in [0.29, 0.717) is 16.5 Å². The Morgan fingerprint density at radius 3 is 2.61 bits per heavy atom. The maximum Gasteiger partial charge on any atom is 0.250 e. The summed E-state index contributed by atoms with van der Waals surface area (Å²) in [6.07, 6.45) is 3.64. The number of carbonyl (C=O) groups is 1. The third-order valence-electron chi connectivity index (χ3n) is 4.53. The lowest BCUT2D eigenvalue weighted by Crippen LogP contribution is -2.34. The molecule has 0 bridgehead atoms. The SMILES string of the molecule is Cc1ccccc1C1CCN(c2ncc(C(N)=O)cc2Cl)CC1. The van der Waals surface area contributed by atoms with Crippen LogP contribution in [0.4, 0.5) is 5.82 Å². The highest BCUT2D eigenvalue weighted by atomic mass is 35.5. The number of amides is 1. The number of piperidine rings is 1. The lowest BCUT2D eigenvalue weighted by molar-refractivity contribution is 0.1000. The Balaban J connectivity index is 1.72. The summed E-state index contributed by atoms with van der Waals surface area (Å²) in [5.74, 6) is 0.806. The molecule has 1 aromatic carbocycles. The first-order valence-corrected chi connectivity index (χ1v) is 8.20. The van der Waals surface area contributed by atoms with Crippen LogP contribution in [0.5, 0.6) is 0 Å². The number of carbonyl (C=O) groups excluding carboxylic acids is 1. The molecule has 0 spiro atoms. The smallest absolute Gasteiger partial charge is 0.250 e. The Morgan fingerprint density at radius 2 is 2.00 bits per heavy atom. The summed E-state index contributed by atoms with van der Waals surface area (Å²) in [4.78, 5) is 17.7. The summed E-state index contributed by atoms with van der Waals surface area (Å²) in [7, 11) is 0. The molecule has 1 saturated heterocycles. The highest BCUT2D eigenvalue weighted by molar-refractivity contribution is 6.33. The van der Waals surface area contributed by atoms with E-state index in [0.717, 1.165) is 31.7 Å². The number of nitrogens with two attached hydrogens (primary N) is 1. The summed E-state index contributed by atoms with van der Waals surface area (Å²) in [6, 6.07) is 10.2. The van der Waals surface area contributed by atoms with E-state index < -0.39 is 5.91 Å². The van der Waals surface area contributed by atoms with E-state index in [1.807, 2.05) is 0 Å². The van der Waals surface area contributed by atoms with Crippen molar-refractivity contribution in [3.05, 3.63) is 58.2 Å². The van der Waals surface area contributed by atoms with Crippen molar-refractivity contribution in [3.63, 3.8) is 0 Å². The number of rotatable bonds is 3. The molecule has 1 aromatic heterocycles. The van der Waals surface area contributed by atoms with Gasteiger partial charge in [-0.2, -0.15) is 0 Å². The highest BCUT2D eigenvalue weighted by Gasteiger charge is 2.24. The zero-order chi connectivity index (χ0) is 16.4. The molecule has 0 saturated carbocycles. The van der Waals surface area contributed by atoms with Gasteiger partial charge in [-0.3, -0.25) is 4.79 Å². The van der Waals surface area contributed by atoms with Crippen LogP contribution < -0.4 is 10.6 Å². The van der Waals surface area contributed by atoms with Crippen LogP contribution in [0.3, 0.4) is 0 Å². The lowest BCUT2D eigenvalue weighted by atomic mass is 9.87. The molecule has 2 heterocycles. The van der Waals surface area contributed by atoms with Crippen molar-refractivity contribution in [3.8, 4) is 0 Å². The van der Waals surface area contributed by atoms with Crippen LogP contribution in [-0.2, 0) is 0 Å². The topological polar surface area (TPSA) is 59.2 Å². The number of nitrogens with zero attached hydrogens (tertiary/aromatic N) is 2. The number of benzene rings is 1. The Bertz CT molecular complexity index is 724. The molecule has 1 fully saturated rings. The number of hydrogen-bond acceptors (Lipinski definition) is 3. The van der Waals surface area contributed by atoms with E-state index in [-0.39, 0.29) is 0 Å². The van der Waals surface area contributed by atoms with Crippen LogP contribution in [0.1, 0.15) is 40.2 Å². The third-order valence-corrected chi connectivity index (χ3v) is 4.81. The molecule has 1 aliphatic heterocycles. The van der Waals surface area contributed by atoms with Crippen LogP contribution in [0.25, 0.3) is 0 Å². The van der Waals surface area contributed by atoms with Crippen molar-refractivity contribution in [1.29, 1.82) is 0 Å². The quantitative estimate of drug-likeness (QED) is 0.937. The second-order valence-corrected chi connectivity index (χ2v) is 6.42. The van der Waals surface area contributed by atoms with Gasteiger partial charge in [0.25, 0.3) is 0 Å². The molecule has 1 amide bonds. The average Bonchev–Trinajstić information content (AvgIpc) is 2.55. The molecule has 0 radical (unpaired) electrons. The van der Waals surface area contributed by atoms with Crippen molar-refractivity contribution < 1.29 is 4.79 Å². The van der Waals surface area contributed by atoms with Crippen molar-refractivity contribution in [1.82, 2.24) is 4.98 Å². The van der Waals surface area contributed by atoms with Gasteiger partial charge in [0.15, 0.2) is 0 Å². The van der Waals surface area contributed by atoms with Crippen molar-refractivity contribution in [2.24, 2.45) is 5.73 Å². The minimum absolute atomic E-state index is 0.341. The van der Waals surface area contributed by atoms with Gasteiger partial charge >= 0.3 is 0 Å². The van der Waals surface area contributed by atoms with Gasteiger partial charge in [0.1, 0.15) is 5.82 Å². The Kier molecular flexibility index (Phi) is 4.53. The van der Waals surface area contributed by atoms with Crippen molar-refractivity contribution in [2.75, 3.05) is 18.0 Å². The second-order valence-electron chi connectivity index (χ2n) is 6.01. The summed E-state index contributed by atoms with van der Waals surface area (Å²) in [5.41, 5.74) is 8.39. The highest BCUT2D eigenvalue weighted by Crippen LogP contribution is 2.33. The number of primary amides is 1. The standard InChI is InChI=1S/C18H20ClN3O/c1-12-4-2-3-5-15(12)13-6-8-22(9-7-13)18-16(19)10-14(11-21-18)17(20)23/h2-5,10-11,13H,6-9H2,1H3,(H2,20,23). The first-order valence-electron chi connectivity index (χ1n) is 7.82. The van der Waals surface area contributed by atoms with Crippen LogP contribution in [0.2, 0.25) is 5.02 Å². The van der Waals surface area contributed by atoms with Crippen LogP contribution in [0.15, 0.2) is 36.5 Å². The zero-order valence-electron chi connectivity index (χ0n) is 13.1. The molecule has 1 aliphatic rings. The molecular weight excluding hydrogens is 310 g/mol. The maximum absolute atomic E-state index is 11.2. The van der Waals surface area contributed by atoms with Crippen molar-refractivity contribution >= 4 is 23.3 Å².